The van der Waals surface area contributed by atoms with Crippen molar-refractivity contribution in [3.05, 3.63) is 21.4 Å². The number of thiophene rings is 1. The summed E-state index contributed by atoms with van der Waals surface area (Å²) in [5.74, 6) is 0. The summed E-state index contributed by atoms with van der Waals surface area (Å²) < 4.78 is 11.2. The molecule has 3 rings (SSSR count). The maximum absolute atomic E-state index is 5.75. The van der Waals surface area contributed by atoms with E-state index >= 15 is 0 Å². The second kappa shape index (κ2) is 4.22. The van der Waals surface area contributed by atoms with Gasteiger partial charge in [-0.3, -0.25) is 0 Å². The van der Waals surface area contributed by atoms with E-state index in [1.165, 1.54) is 15.3 Å². The van der Waals surface area contributed by atoms with Crippen molar-refractivity contribution in [2.45, 2.75) is 19.1 Å². The van der Waals surface area contributed by atoms with Crippen LogP contribution in [-0.4, -0.2) is 26.3 Å². The second-order valence-corrected chi connectivity index (χ2v) is 5.13. The van der Waals surface area contributed by atoms with E-state index in [-0.39, 0.29) is 6.10 Å². The Morgan fingerprint density at radius 3 is 3.20 bits per heavy atom. The predicted octanol–water partition coefficient (Wildman–Crippen LogP) is 1.48. The summed E-state index contributed by atoms with van der Waals surface area (Å²) in [6.07, 6.45) is 1.33. The number of hydrogen-bond donors (Lipinski definition) is 1. The van der Waals surface area contributed by atoms with Gasteiger partial charge in [-0.15, -0.1) is 11.3 Å². The monoisotopic (exact) mass is 225 g/mol. The van der Waals surface area contributed by atoms with Crippen molar-refractivity contribution in [1.82, 2.24) is 5.32 Å². The first kappa shape index (κ1) is 9.78. The molecule has 0 saturated carbocycles. The lowest BCUT2D eigenvalue weighted by atomic mass is 10.1. The molecule has 0 amide bonds. The Kier molecular flexibility index (Phi) is 2.75. The van der Waals surface area contributed by atoms with E-state index in [9.17, 15) is 0 Å². The third-order valence-electron chi connectivity index (χ3n) is 2.89. The van der Waals surface area contributed by atoms with Crippen molar-refractivity contribution in [1.29, 1.82) is 0 Å². The van der Waals surface area contributed by atoms with Crippen LogP contribution in [0.2, 0.25) is 0 Å². The molecule has 3 heterocycles. The zero-order valence-corrected chi connectivity index (χ0v) is 9.44. The van der Waals surface area contributed by atoms with Crippen molar-refractivity contribution in [3.8, 4) is 0 Å². The van der Waals surface area contributed by atoms with Crippen molar-refractivity contribution in [3.63, 3.8) is 0 Å². The molecule has 0 spiro atoms. The molecule has 1 atom stereocenters. The molecule has 0 aromatic carbocycles. The van der Waals surface area contributed by atoms with E-state index < -0.39 is 0 Å². The molecule has 0 radical (unpaired) electrons. The Balaban J connectivity index is 1.82. The van der Waals surface area contributed by atoms with Crippen LogP contribution in [0.4, 0.5) is 0 Å². The number of ether oxygens (including phenoxy) is 2. The molecule has 2 aliphatic rings. The second-order valence-electron chi connectivity index (χ2n) is 3.96. The summed E-state index contributed by atoms with van der Waals surface area (Å²) in [4.78, 5) is 2.85. The fraction of sp³-hybridized carbons (Fsp3) is 0.636. The Labute approximate surface area is 93.4 Å². The summed E-state index contributed by atoms with van der Waals surface area (Å²) in [7, 11) is 0. The van der Waals surface area contributed by atoms with Crippen molar-refractivity contribution in [2.24, 2.45) is 0 Å². The first-order valence-electron chi connectivity index (χ1n) is 5.45. The maximum Gasteiger partial charge on any atom is 0.104 e. The first-order valence-corrected chi connectivity index (χ1v) is 6.26. The summed E-state index contributed by atoms with van der Waals surface area (Å²) in [6.45, 7) is 4.40. The van der Waals surface area contributed by atoms with Gasteiger partial charge >= 0.3 is 0 Å². The Morgan fingerprint density at radius 1 is 1.40 bits per heavy atom. The third-order valence-corrected chi connectivity index (χ3v) is 4.22. The summed E-state index contributed by atoms with van der Waals surface area (Å²) >= 11 is 1.90. The Bertz CT molecular complexity index is 321. The van der Waals surface area contributed by atoms with Gasteiger partial charge in [0.15, 0.2) is 0 Å². The minimum Gasteiger partial charge on any atom is -0.376 e. The molecule has 2 aliphatic heterocycles. The van der Waals surface area contributed by atoms with Crippen molar-refractivity contribution >= 4 is 11.3 Å². The molecule has 0 bridgehead atoms. The number of morpholine rings is 1. The highest BCUT2D eigenvalue weighted by Gasteiger charge is 2.21. The number of nitrogens with one attached hydrogen (secondary N) is 1. The van der Waals surface area contributed by atoms with Gasteiger partial charge in [0.2, 0.25) is 0 Å². The molecule has 1 unspecified atom stereocenters. The quantitative estimate of drug-likeness (QED) is 0.785. The number of rotatable bonds is 1. The zero-order chi connectivity index (χ0) is 10.1. The molecule has 82 valence electrons. The minimum atomic E-state index is 0.259. The molecule has 1 fully saturated rings. The average molecular weight is 225 g/mol. The van der Waals surface area contributed by atoms with Crippen molar-refractivity contribution < 1.29 is 9.47 Å². The van der Waals surface area contributed by atoms with Gasteiger partial charge in [-0.05, 0) is 11.6 Å². The standard InChI is InChI=1S/C11H15NO2S/c1-3-13-7-8-5-11(15-10(1)8)9-6-12-2-4-14-9/h5,9,12H,1-4,6-7H2. The molecular weight excluding hydrogens is 210 g/mol. The normalized spacial score (nSPS) is 26.3. The van der Waals surface area contributed by atoms with E-state index in [0.717, 1.165) is 39.3 Å². The van der Waals surface area contributed by atoms with Gasteiger partial charge in [-0.25, -0.2) is 0 Å². The first-order chi connectivity index (χ1) is 7.43. The summed E-state index contributed by atoms with van der Waals surface area (Å²) in [5.41, 5.74) is 1.37. The highest BCUT2D eigenvalue weighted by molar-refractivity contribution is 7.12. The van der Waals surface area contributed by atoms with Gasteiger partial charge in [0.25, 0.3) is 0 Å². The molecule has 0 aliphatic carbocycles. The van der Waals surface area contributed by atoms with Crippen LogP contribution in [0.1, 0.15) is 21.4 Å². The van der Waals surface area contributed by atoms with E-state index in [2.05, 4.69) is 11.4 Å². The highest BCUT2D eigenvalue weighted by atomic mass is 32.1. The van der Waals surface area contributed by atoms with Crippen LogP contribution < -0.4 is 5.32 Å². The Hall–Kier alpha value is -0.420. The van der Waals surface area contributed by atoms with Gasteiger partial charge < -0.3 is 14.8 Å². The SMILES string of the molecule is c1c(C2CNCCO2)sc2c1COCC2. The minimum absolute atomic E-state index is 0.259. The number of hydrogen-bond acceptors (Lipinski definition) is 4. The lowest BCUT2D eigenvalue weighted by Crippen LogP contribution is -2.32. The van der Waals surface area contributed by atoms with Crippen LogP contribution in [0.3, 0.4) is 0 Å². The molecule has 4 heteroatoms. The average Bonchev–Trinajstić information content (AvgIpc) is 2.74. The van der Waals surface area contributed by atoms with Crippen LogP contribution in [0.5, 0.6) is 0 Å². The van der Waals surface area contributed by atoms with Crippen LogP contribution >= 0.6 is 11.3 Å². The van der Waals surface area contributed by atoms with Crippen LogP contribution in [0.15, 0.2) is 6.07 Å². The van der Waals surface area contributed by atoms with Gasteiger partial charge in [0.05, 0.1) is 19.8 Å². The van der Waals surface area contributed by atoms with Gasteiger partial charge in [-0.2, -0.15) is 0 Å². The molecule has 1 N–H and O–H groups in total. The van der Waals surface area contributed by atoms with Crippen LogP contribution in [-0.2, 0) is 22.5 Å². The Morgan fingerprint density at radius 2 is 2.40 bits per heavy atom. The van der Waals surface area contributed by atoms with Crippen LogP contribution in [0.25, 0.3) is 0 Å². The predicted molar refractivity (Wildman–Crippen MR) is 59.2 cm³/mol. The fourth-order valence-electron chi connectivity index (χ4n) is 2.08. The maximum atomic E-state index is 5.75. The fourth-order valence-corrected chi connectivity index (χ4v) is 3.28. The smallest absolute Gasteiger partial charge is 0.104 e. The van der Waals surface area contributed by atoms with Gasteiger partial charge in [0.1, 0.15) is 6.10 Å². The third kappa shape index (κ3) is 1.95. The number of fused-ring (bicyclic) bond motifs is 1. The van der Waals surface area contributed by atoms with E-state index in [0.29, 0.717) is 0 Å². The topological polar surface area (TPSA) is 30.5 Å². The molecule has 1 saturated heterocycles. The summed E-state index contributed by atoms with van der Waals surface area (Å²) in [6, 6.07) is 2.26. The lowest BCUT2D eigenvalue weighted by molar-refractivity contribution is 0.0298. The lowest BCUT2D eigenvalue weighted by Gasteiger charge is -2.22. The van der Waals surface area contributed by atoms with Gasteiger partial charge in [-0.1, -0.05) is 0 Å². The molecule has 1 aromatic heterocycles. The van der Waals surface area contributed by atoms with E-state index in [4.69, 9.17) is 9.47 Å². The largest absolute Gasteiger partial charge is 0.376 e. The molecule has 1 aromatic rings. The molecule has 3 nitrogen and oxygen atoms in total. The zero-order valence-electron chi connectivity index (χ0n) is 8.62. The molecular formula is C11H15NO2S. The highest BCUT2D eigenvalue weighted by Crippen LogP contribution is 2.32. The van der Waals surface area contributed by atoms with E-state index in [1.54, 1.807) is 0 Å². The van der Waals surface area contributed by atoms with Crippen LogP contribution in [0, 0.1) is 0 Å². The van der Waals surface area contributed by atoms with E-state index in [1.807, 2.05) is 11.3 Å². The summed E-state index contributed by atoms with van der Waals surface area (Å²) in [5, 5.41) is 3.36. The molecule has 15 heavy (non-hydrogen) atoms. The van der Waals surface area contributed by atoms with Crippen molar-refractivity contribution in [2.75, 3.05) is 26.3 Å². The van der Waals surface area contributed by atoms with Gasteiger partial charge in [0, 0.05) is 29.3 Å².